The molecule has 0 spiro atoms. The van der Waals surface area contributed by atoms with E-state index in [1.807, 2.05) is 44.2 Å². The number of phenols is 1. The van der Waals surface area contributed by atoms with Crippen molar-refractivity contribution in [1.29, 1.82) is 0 Å². The summed E-state index contributed by atoms with van der Waals surface area (Å²) >= 11 is 0. The van der Waals surface area contributed by atoms with Crippen LogP contribution in [0.15, 0.2) is 54.4 Å². The molecule has 0 aliphatic carbocycles. The summed E-state index contributed by atoms with van der Waals surface area (Å²) in [7, 11) is 1.72. The van der Waals surface area contributed by atoms with Crippen LogP contribution in [0.3, 0.4) is 0 Å². The second-order valence-electron chi connectivity index (χ2n) is 8.63. The van der Waals surface area contributed by atoms with Crippen molar-refractivity contribution >= 4 is 5.69 Å². The summed E-state index contributed by atoms with van der Waals surface area (Å²) in [5.41, 5.74) is 3.36. The van der Waals surface area contributed by atoms with Gasteiger partial charge in [-0.3, -0.25) is 0 Å². The number of nitrogens with one attached hydrogen (secondary N) is 1. The molecule has 7 heteroatoms. The Kier molecular flexibility index (Phi) is 17.1. The highest BCUT2D eigenvalue weighted by atomic mass is 19.1. The van der Waals surface area contributed by atoms with Gasteiger partial charge in [0.15, 0.2) is 0 Å². The zero-order valence-electron chi connectivity index (χ0n) is 23.3. The van der Waals surface area contributed by atoms with Crippen LogP contribution in [-0.4, -0.2) is 56.7 Å². The van der Waals surface area contributed by atoms with E-state index in [9.17, 15) is 4.39 Å². The number of anilines is 1. The summed E-state index contributed by atoms with van der Waals surface area (Å²) in [6.07, 6.45) is 4.84. The Morgan fingerprint density at radius 3 is 2.41 bits per heavy atom. The smallest absolute Gasteiger partial charge is 0.142 e. The number of aromatic hydroxyl groups is 1. The van der Waals surface area contributed by atoms with Crippen molar-refractivity contribution in [2.75, 3.05) is 51.4 Å². The maximum absolute atomic E-state index is 11.3. The Balaban J connectivity index is 0.000000579. The molecule has 2 aliphatic heterocycles. The van der Waals surface area contributed by atoms with Crippen LogP contribution in [0.4, 0.5) is 10.1 Å². The van der Waals surface area contributed by atoms with Crippen LogP contribution >= 0.6 is 0 Å². The molecule has 2 heterocycles. The lowest BCUT2D eigenvalue weighted by Gasteiger charge is -2.31. The van der Waals surface area contributed by atoms with Crippen molar-refractivity contribution in [3.05, 3.63) is 65.5 Å². The quantitative estimate of drug-likeness (QED) is 0.382. The number of rotatable bonds is 6. The number of aliphatic hydroxyl groups excluding tert-OH is 1. The molecule has 0 radical (unpaired) electrons. The number of piperidine rings is 1. The standard InChI is InChI=1S/C13H19NO3.C11H15NO.C4H7F.C2H6.H2/c1-16-7-2-5-14-6-8-17-13-4-3-11(10-15)9-12(13)14;13-11-3-1-9(2-4-11)10-5-7-12-8-6-10;1-3-4(2)5;1-2;/h3-4,9,15H,2,5-8,10H2,1H3;1-4,10,12-13H,5-8H2;3H,1-2H3;1-2H3;1H/b;;4-3+;;. The second kappa shape index (κ2) is 19.5. The molecule has 2 aliphatic rings. The van der Waals surface area contributed by atoms with Gasteiger partial charge in [0.2, 0.25) is 0 Å². The van der Waals surface area contributed by atoms with Gasteiger partial charge in [-0.2, -0.15) is 0 Å². The van der Waals surface area contributed by atoms with Crippen molar-refractivity contribution in [2.45, 2.75) is 59.5 Å². The number of hydrogen-bond acceptors (Lipinski definition) is 6. The molecule has 0 bridgehead atoms. The highest BCUT2D eigenvalue weighted by Crippen LogP contribution is 2.32. The molecule has 0 amide bonds. The van der Waals surface area contributed by atoms with Crippen LogP contribution in [0.1, 0.15) is 65.4 Å². The van der Waals surface area contributed by atoms with E-state index < -0.39 is 0 Å². The first kappa shape index (κ1) is 32.4. The van der Waals surface area contributed by atoms with Gasteiger partial charge in [0.1, 0.15) is 18.1 Å². The number of fused-ring (bicyclic) bond motifs is 1. The average molecular weight is 521 g/mol. The van der Waals surface area contributed by atoms with E-state index in [1.165, 1.54) is 31.4 Å². The highest BCUT2D eigenvalue weighted by molar-refractivity contribution is 5.61. The van der Waals surface area contributed by atoms with E-state index in [4.69, 9.17) is 19.7 Å². The highest BCUT2D eigenvalue weighted by Gasteiger charge is 2.18. The number of benzene rings is 2. The third kappa shape index (κ3) is 12.5. The first-order chi connectivity index (χ1) is 18.0. The van der Waals surface area contributed by atoms with Crippen LogP contribution in [0, 0.1) is 0 Å². The number of allylic oxidation sites excluding steroid dienone is 2. The number of ether oxygens (including phenoxy) is 2. The van der Waals surface area contributed by atoms with E-state index in [-0.39, 0.29) is 13.9 Å². The summed E-state index contributed by atoms with van der Waals surface area (Å²) in [5.74, 6) is 1.83. The molecule has 0 unspecified atom stereocenters. The molecule has 2 aromatic carbocycles. The molecule has 2 aromatic rings. The molecule has 1 fully saturated rings. The van der Waals surface area contributed by atoms with Gasteiger partial charge in [-0.05, 0) is 87.5 Å². The van der Waals surface area contributed by atoms with Crippen molar-refractivity contribution in [1.82, 2.24) is 5.32 Å². The predicted molar refractivity (Wildman–Crippen MR) is 154 cm³/mol. The van der Waals surface area contributed by atoms with Crippen LogP contribution in [0.5, 0.6) is 11.5 Å². The number of halogens is 1. The molecule has 4 rings (SSSR count). The SMILES string of the molecule is C/C=C(\C)F.CC.COCCCN1CCOc2ccc(CO)cc21.Oc1ccc(C2CCNCC2)cc1.[HH]. The van der Waals surface area contributed by atoms with Gasteiger partial charge in [-0.1, -0.05) is 38.1 Å². The molecule has 1 saturated heterocycles. The fraction of sp³-hybridized carbons (Fsp3) is 0.533. The minimum Gasteiger partial charge on any atom is -0.508 e. The van der Waals surface area contributed by atoms with Crippen molar-refractivity contribution in [3.8, 4) is 11.5 Å². The fourth-order valence-corrected chi connectivity index (χ4v) is 3.95. The van der Waals surface area contributed by atoms with Crippen LogP contribution in [0.25, 0.3) is 0 Å². The summed E-state index contributed by atoms with van der Waals surface area (Å²) in [6, 6.07) is 13.5. The molecule has 3 N–H and O–H groups in total. The molecule has 0 saturated carbocycles. The van der Waals surface area contributed by atoms with Gasteiger partial charge in [0.25, 0.3) is 0 Å². The molecule has 0 aromatic heterocycles. The number of methoxy groups -OCH3 is 1. The molecule has 210 valence electrons. The first-order valence-corrected chi connectivity index (χ1v) is 13.4. The van der Waals surface area contributed by atoms with E-state index in [1.54, 1.807) is 26.2 Å². The predicted octanol–water partition coefficient (Wildman–Crippen LogP) is 6.43. The average Bonchev–Trinajstić information content (AvgIpc) is 2.95. The monoisotopic (exact) mass is 520 g/mol. The first-order valence-electron chi connectivity index (χ1n) is 13.4. The Bertz CT molecular complexity index is 886. The number of aliphatic hydroxyl groups is 1. The zero-order valence-corrected chi connectivity index (χ0v) is 23.3. The van der Waals surface area contributed by atoms with Gasteiger partial charge in [0.05, 0.1) is 24.7 Å². The Hall–Kier alpha value is -2.61. The third-order valence-corrected chi connectivity index (χ3v) is 6.04. The van der Waals surface area contributed by atoms with Crippen molar-refractivity contribution in [3.63, 3.8) is 0 Å². The number of nitrogens with zero attached hydrogens (tertiary/aromatic N) is 1. The summed E-state index contributed by atoms with van der Waals surface area (Å²) in [6.45, 7) is 12.7. The second-order valence-corrected chi connectivity index (χ2v) is 8.63. The van der Waals surface area contributed by atoms with Gasteiger partial charge in [-0.25, -0.2) is 4.39 Å². The van der Waals surface area contributed by atoms with E-state index in [0.29, 0.717) is 11.7 Å². The van der Waals surface area contributed by atoms with Crippen molar-refractivity contribution in [2.24, 2.45) is 0 Å². The topological polar surface area (TPSA) is 74.2 Å². The minimum atomic E-state index is -0.120. The van der Waals surface area contributed by atoms with Gasteiger partial charge < -0.3 is 29.9 Å². The lowest BCUT2D eigenvalue weighted by atomic mass is 9.90. The summed E-state index contributed by atoms with van der Waals surface area (Å²) < 4.78 is 22.0. The van der Waals surface area contributed by atoms with Crippen LogP contribution < -0.4 is 15.0 Å². The summed E-state index contributed by atoms with van der Waals surface area (Å²) in [5, 5.41) is 21.6. The Morgan fingerprint density at radius 1 is 1.19 bits per heavy atom. The van der Waals surface area contributed by atoms with E-state index in [2.05, 4.69) is 10.2 Å². The van der Waals surface area contributed by atoms with Gasteiger partial charge in [0, 0.05) is 21.7 Å². The van der Waals surface area contributed by atoms with E-state index >= 15 is 0 Å². The fourth-order valence-electron chi connectivity index (χ4n) is 3.95. The maximum atomic E-state index is 11.3. The molecular formula is C30H49FN2O4. The normalized spacial score (nSPS) is 15.0. The molecule has 37 heavy (non-hydrogen) atoms. The Morgan fingerprint density at radius 2 is 1.84 bits per heavy atom. The number of hydrogen-bond donors (Lipinski definition) is 3. The molecule has 0 atom stereocenters. The molecular weight excluding hydrogens is 471 g/mol. The lowest BCUT2D eigenvalue weighted by molar-refractivity contribution is 0.195. The summed E-state index contributed by atoms with van der Waals surface area (Å²) in [4.78, 5) is 2.29. The van der Waals surface area contributed by atoms with Gasteiger partial charge in [-0.15, -0.1) is 0 Å². The van der Waals surface area contributed by atoms with Crippen LogP contribution in [0.2, 0.25) is 0 Å². The van der Waals surface area contributed by atoms with Crippen molar-refractivity contribution < 1.29 is 25.5 Å². The minimum absolute atomic E-state index is 0. The third-order valence-electron chi connectivity index (χ3n) is 6.04. The van der Waals surface area contributed by atoms with Crippen LogP contribution in [-0.2, 0) is 11.3 Å². The maximum Gasteiger partial charge on any atom is 0.142 e. The number of phenolic OH excluding ortho intramolecular Hbond substituents is 1. The largest absolute Gasteiger partial charge is 0.508 e. The van der Waals surface area contributed by atoms with Gasteiger partial charge >= 0.3 is 0 Å². The zero-order chi connectivity index (χ0) is 27.5. The lowest BCUT2D eigenvalue weighted by Crippen LogP contribution is -2.34. The molecule has 6 nitrogen and oxygen atoms in total. The Labute approximate surface area is 224 Å². The van der Waals surface area contributed by atoms with E-state index in [0.717, 1.165) is 62.8 Å².